The fraction of sp³-hybridized carbons (Fsp3) is 0.368. The van der Waals surface area contributed by atoms with Gasteiger partial charge in [-0.05, 0) is 55.1 Å². The van der Waals surface area contributed by atoms with Crippen molar-refractivity contribution in [1.82, 2.24) is 9.62 Å². The van der Waals surface area contributed by atoms with E-state index in [4.69, 9.17) is 0 Å². The second kappa shape index (κ2) is 7.82. The summed E-state index contributed by atoms with van der Waals surface area (Å²) >= 11 is 0. The molecule has 0 radical (unpaired) electrons. The summed E-state index contributed by atoms with van der Waals surface area (Å²) in [7, 11) is -4.07. The average Bonchev–Trinajstić information content (AvgIpc) is 3.06. The molecule has 1 atom stereocenters. The van der Waals surface area contributed by atoms with Crippen LogP contribution in [0.4, 0.5) is 8.78 Å². The predicted molar refractivity (Wildman–Crippen MR) is 96.5 cm³/mol. The van der Waals surface area contributed by atoms with E-state index in [2.05, 4.69) is 28.7 Å². The summed E-state index contributed by atoms with van der Waals surface area (Å²) in [5, 5.41) is 0. The molecule has 0 bridgehead atoms. The third-order valence-electron chi connectivity index (χ3n) is 4.80. The van der Waals surface area contributed by atoms with Crippen LogP contribution in [0, 0.1) is 18.6 Å². The topological polar surface area (TPSA) is 49.4 Å². The molecule has 2 aromatic carbocycles. The first-order chi connectivity index (χ1) is 12.4. The highest BCUT2D eigenvalue weighted by molar-refractivity contribution is 7.89. The molecule has 0 aliphatic carbocycles. The van der Waals surface area contributed by atoms with Crippen LogP contribution in [-0.2, 0) is 10.0 Å². The van der Waals surface area contributed by atoms with Gasteiger partial charge in [-0.25, -0.2) is 21.9 Å². The van der Waals surface area contributed by atoms with Crippen LogP contribution in [0.1, 0.15) is 23.5 Å². The van der Waals surface area contributed by atoms with Gasteiger partial charge in [-0.1, -0.05) is 24.3 Å². The van der Waals surface area contributed by atoms with E-state index in [0.717, 1.165) is 31.6 Å². The Balaban J connectivity index is 1.56. The van der Waals surface area contributed by atoms with E-state index in [9.17, 15) is 17.2 Å². The maximum absolute atomic E-state index is 13.7. The normalized spacial score (nSPS) is 18.3. The van der Waals surface area contributed by atoms with Crippen LogP contribution >= 0.6 is 0 Å². The van der Waals surface area contributed by atoms with Crippen LogP contribution in [-0.4, -0.2) is 39.5 Å². The van der Waals surface area contributed by atoms with Crippen LogP contribution in [0.2, 0.25) is 0 Å². The minimum Gasteiger partial charge on any atom is -0.301 e. The SMILES string of the molecule is Cc1ccccc1[C@H]1CCN(CCNS(=O)(=O)c2cc(F)ccc2F)C1. The Morgan fingerprint density at radius 3 is 2.73 bits per heavy atom. The van der Waals surface area contributed by atoms with E-state index in [-0.39, 0.29) is 6.54 Å². The van der Waals surface area contributed by atoms with Crippen molar-refractivity contribution in [1.29, 1.82) is 0 Å². The van der Waals surface area contributed by atoms with Gasteiger partial charge in [0.2, 0.25) is 10.0 Å². The molecule has 4 nitrogen and oxygen atoms in total. The van der Waals surface area contributed by atoms with E-state index < -0.39 is 26.6 Å². The molecule has 0 unspecified atom stereocenters. The standard InChI is InChI=1S/C19H22F2N2O2S/c1-14-4-2-3-5-17(14)15-8-10-23(13-15)11-9-22-26(24,25)19-12-16(20)6-7-18(19)21/h2-7,12,15,22H,8-11,13H2,1H3/t15-/m0/s1. The van der Waals surface area contributed by atoms with Gasteiger partial charge in [-0.15, -0.1) is 0 Å². The molecule has 1 N–H and O–H groups in total. The minimum absolute atomic E-state index is 0.152. The lowest BCUT2D eigenvalue weighted by Crippen LogP contribution is -2.34. The number of halogens is 2. The van der Waals surface area contributed by atoms with Crippen LogP contribution in [0.3, 0.4) is 0 Å². The second-order valence-electron chi connectivity index (χ2n) is 6.62. The smallest absolute Gasteiger partial charge is 0.243 e. The number of likely N-dealkylation sites (tertiary alicyclic amines) is 1. The number of hydrogen-bond acceptors (Lipinski definition) is 3. The molecule has 1 fully saturated rings. The molecule has 1 saturated heterocycles. The number of sulfonamides is 1. The Morgan fingerprint density at radius 2 is 1.96 bits per heavy atom. The lowest BCUT2D eigenvalue weighted by molar-refractivity contribution is 0.339. The van der Waals surface area contributed by atoms with Crippen molar-refractivity contribution in [3.05, 3.63) is 65.2 Å². The number of nitrogens with one attached hydrogen (secondary N) is 1. The Labute approximate surface area is 152 Å². The summed E-state index contributed by atoms with van der Waals surface area (Å²) in [6.45, 7) is 4.52. The summed E-state index contributed by atoms with van der Waals surface area (Å²) in [6.07, 6.45) is 1.02. The summed E-state index contributed by atoms with van der Waals surface area (Å²) in [6, 6.07) is 10.7. The van der Waals surface area contributed by atoms with Crippen molar-refractivity contribution in [2.24, 2.45) is 0 Å². The Kier molecular flexibility index (Phi) is 5.70. The van der Waals surface area contributed by atoms with Crippen LogP contribution < -0.4 is 4.72 Å². The zero-order chi connectivity index (χ0) is 18.7. The molecule has 0 amide bonds. The molecule has 1 aliphatic rings. The molecule has 7 heteroatoms. The first-order valence-electron chi connectivity index (χ1n) is 8.59. The largest absolute Gasteiger partial charge is 0.301 e. The lowest BCUT2D eigenvalue weighted by atomic mass is 9.94. The molecule has 1 aliphatic heterocycles. The Morgan fingerprint density at radius 1 is 1.19 bits per heavy atom. The van der Waals surface area contributed by atoms with Crippen molar-refractivity contribution in [3.8, 4) is 0 Å². The summed E-state index contributed by atoms with van der Waals surface area (Å²) in [4.78, 5) is 1.53. The molecular weight excluding hydrogens is 358 g/mol. The molecule has 3 rings (SSSR count). The molecule has 0 aromatic heterocycles. The highest BCUT2D eigenvalue weighted by Gasteiger charge is 2.25. The van der Waals surface area contributed by atoms with Crippen LogP contribution in [0.15, 0.2) is 47.4 Å². The van der Waals surface area contributed by atoms with Gasteiger partial charge in [-0.3, -0.25) is 0 Å². The molecule has 2 aromatic rings. The van der Waals surface area contributed by atoms with E-state index in [1.54, 1.807) is 0 Å². The Hall–Kier alpha value is -1.83. The monoisotopic (exact) mass is 380 g/mol. The number of benzene rings is 2. The second-order valence-corrected chi connectivity index (χ2v) is 8.35. The van der Waals surface area contributed by atoms with Crippen molar-refractivity contribution >= 4 is 10.0 Å². The number of rotatable bonds is 6. The molecule has 140 valence electrons. The fourth-order valence-corrected chi connectivity index (χ4v) is 4.54. The third kappa shape index (κ3) is 4.28. The maximum Gasteiger partial charge on any atom is 0.243 e. The Bertz CT molecular complexity index is 887. The van der Waals surface area contributed by atoms with Gasteiger partial charge in [0.1, 0.15) is 16.5 Å². The van der Waals surface area contributed by atoms with Crippen LogP contribution in [0.25, 0.3) is 0 Å². The maximum atomic E-state index is 13.7. The van der Waals surface area contributed by atoms with Crippen molar-refractivity contribution in [2.75, 3.05) is 26.2 Å². The van der Waals surface area contributed by atoms with E-state index >= 15 is 0 Å². The van der Waals surface area contributed by atoms with Gasteiger partial charge in [-0.2, -0.15) is 0 Å². The third-order valence-corrected chi connectivity index (χ3v) is 6.28. The van der Waals surface area contributed by atoms with Crippen molar-refractivity contribution in [3.63, 3.8) is 0 Å². The van der Waals surface area contributed by atoms with Crippen molar-refractivity contribution < 1.29 is 17.2 Å². The van der Waals surface area contributed by atoms with Gasteiger partial charge >= 0.3 is 0 Å². The van der Waals surface area contributed by atoms with Gasteiger partial charge in [0.15, 0.2) is 0 Å². The average molecular weight is 380 g/mol. The lowest BCUT2D eigenvalue weighted by Gasteiger charge is -2.17. The number of aryl methyl sites for hydroxylation is 1. The first kappa shape index (κ1) is 18.9. The van der Waals surface area contributed by atoms with Gasteiger partial charge in [0.25, 0.3) is 0 Å². The zero-order valence-corrected chi connectivity index (χ0v) is 15.4. The van der Waals surface area contributed by atoms with Gasteiger partial charge in [0, 0.05) is 19.6 Å². The fourth-order valence-electron chi connectivity index (χ4n) is 3.43. The molecule has 1 heterocycles. The zero-order valence-electron chi connectivity index (χ0n) is 14.6. The molecular formula is C19H22F2N2O2S. The van der Waals surface area contributed by atoms with E-state index in [1.165, 1.54) is 11.1 Å². The van der Waals surface area contributed by atoms with Crippen LogP contribution in [0.5, 0.6) is 0 Å². The first-order valence-corrected chi connectivity index (χ1v) is 10.1. The van der Waals surface area contributed by atoms with E-state index in [1.807, 2.05) is 12.1 Å². The summed E-state index contributed by atoms with van der Waals surface area (Å²) in [5.74, 6) is -1.31. The molecule has 26 heavy (non-hydrogen) atoms. The molecule has 0 spiro atoms. The van der Waals surface area contributed by atoms with E-state index in [0.29, 0.717) is 18.5 Å². The highest BCUT2D eigenvalue weighted by Crippen LogP contribution is 2.29. The van der Waals surface area contributed by atoms with Gasteiger partial charge < -0.3 is 4.90 Å². The highest BCUT2D eigenvalue weighted by atomic mass is 32.2. The van der Waals surface area contributed by atoms with Crippen molar-refractivity contribution in [2.45, 2.75) is 24.2 Å². The number of hydrogen-bond donors (Lipinski definition) is 1. The minimum atomic E-state index is -4.07. The predicted octanol–water partition coefficient (Wildman–Crippen LogP) is 3.04. The number of nitrogens with zero attached hydrogens (tertiary/aromatic N) is 1. The quantitative estimate of drug-likeness (QED) is 0.838. The summed E-state index contributed by atoms with van der Waals surface area (Å²) in [5.41, 5.74) is 2.60. The molecule has 0 saturated carbocycles. The summed E-state index contributed by atoms with van der Waals surface area (Å²) < 4.78 is 53.6. The van der Waals surface area contributed by atoms with Gasteiger partial charge in [0.05, 0.1) is 0 Å².